The van der Waals surface area contributed by atoms with Crippen LogP contribution in [-0.2, 0) is 0 Å². The molecule has 110 valence electrons. The molecule has 0 saturated heterocycles. The fraction of sp³-hybridized carbons (Fsp3) is 0.250. The lowest BCUT2D eigenvalue weighted by atomic mass is 10.1. The summed E-state index contributed by atoms with van der Waals surface area (Å²) in [4.78, 5) is 26.7. The number of carbonyl (C=O) groups is 2. The fourth-order valence-corrected chi connectivity index (χ4v) is 2.64. The van der Waals surface area contributed by atoms with Crippen LogP contribution in [0.5, 0.6) is 0 Å². The maximum Gasteiger partial charge on any atom is 0.265 e. The lowest BCUT2D eigenvalue weighted by molar-refractivity contribution is 0.0772. The van der Waals surface area contributed by atoms with Crippen LogP contribution in [0.25, 0.3) is 0 Å². The van der Waals surface area contributed by atoms with Crippen LogP contribution in [0.2, 0.25) is 0 Å². The average molecular weight is 302 g/mol. The van der Waals surface area contributed by atoms with Crippen molar-refractivity contribution in [2.75, 3.05) is 18.4 Å². The molecule has 0 bridgehead atoms. The second-order valence-corrected chi connectivity index (χ2v) is 5.44. The molecule has 0 spiro atoms. The number of amides is 2. The van der Waals surface area contributed by atoms with E-state index in [0.29, 0.717) is 29.2 Å². The maximum absolute atomic E-state index is 12.3. The van der Waals surface area contributed by atoms with Crippen molar-refractivity contribution < 1.29 is 9.59 Å². The lowest BCUT2D eigenvalue weighted by Crippen LogP contribution is -2.30. The van der Waals surface area contributed by atoms with Gasteiger partial charge in [0.25, 0.3) is 11.8 Å². The molecule has 5 heteroatoms. The van der Waals surface area contributed by atoms with Crippen LogP contribution in [0, 0.1) is 0 Å². The van der Waals surface area contributed by atoms with Crippen molar-refractivity contribution in [3.05, 3.63) is 52.2 Å². The number of thiophene rings is 1. The molecule has 2 aromatic rings. The van der Waals surface area contributed by atoms with Gasteiger partial charge in [0.05, 0.1) is 4.88 Å². The van der Waals surface area contributed by atoms with E-state index in [0.717, 1.165) is 0 Å². The zero-order chi connectivity index (χ0) is 15.2. The van der Waals surface area contributed by atoms with Crippen LogP contribution >= 0.6 is 11.3 Å². The summed E-state index contributed by atoms with van der Waals surface area (Å²) in [7, 11) is 0. The van der Waals surface area contributed by atoms with Gasteiger partial charge in [0, 0.05) is 24.3 Å². The normalized spacial score (nSPS) is 10.2. The SMILES string of the molecule is CCN(CC)C(=O)c1cccc(NC(=O)c2cccs2)c1. The number of carbonyl (C=O) groups excluding carboxylic acids is 2. The van der Waals surface area contributed by atoms with E-state index in [-0.39, 0.29) is 11.8 Å². The quantitative estimate of drug-likeness (QED) is 0.919. The molecule has 0 aliphatic rings. The van der Waals surface area contributed by atoms with Crippen molar-refractivity contribution in [3.63, 3.8) is 0 Å². The molecule has 1 heterocycles. The Balaban J connectivity index is 2.14. The number of rotatable bonds is 5. The predicted octanol–water partition coefficient (Wildman–Crippen LogP) is 3.48. The zero-order valence-electron chi connectivity index (χ0n) is 12.1. The Morgan fingerprint density at radius 2 is 1.90 bits per heavy atom. The van der Waals surface area contributed by atoms with Gasteiger partial charge < -0.3 is 10.2 Å². The fourth-order valence-electron chi connectivity index (χ4n) is 2.02. The third-order valence-electron chi connectivity index (χ3n) is 3.16. The van der Waals surface area contributed by atoms with Gasteiger partial charge in [-0.3, -0.25) is 9.59 Å². The van der Waals surface area contributed by atoms with E-state index < -0.39 is 0 Å². The van der Waals surface area contributed by atoms with E-state index in [1.807, 2.05) is 25.3 Å². The highest BCUT2D eigenvalue weighted by Gasteiger charge is 2.13. The van der Waals surface area contributed by atoms with Gasteiger partial charge in [-0.05, 0) is 43.5 Å². The van der Waals surface area contributed by atoms with Crippen molar-refractivity contribution >= 4 is 28.8 Å². The smallest absolute Gasteiger partial charge is 0.265 e. The van der Waals surface area contributed by atoms with Gasteiger partial charge in [-0.15, -0.1) is 11.3 Å². The monoisotopic (exact) mass is 302 g/mol. The molecule has 1 aromatic carbocycles. The van der Waals surface area contributed by atoms with Crippen molar-refractivity contribution in [2.45, 2.75) is 13.8 Å². The third-order valence-corrected chi connectivity index (χ3v) is 4.03. The van der Waals surface area contributed by atoms with Crippen LogP contribution < -0.4 is 5.32 Å². The van der Waals surface area contributed by atoms with Crippen molar-refractivity contribution in [2.24, 2.45) is 0 Å². The first-order valence-corrected chi connectivity index (χ1v) is 7.77. The first kappa shape index (κ1) is 15.3. The Hall–Kier alpha value is -2.14. The Labute approximate surface area is 128 Å². The Morgan fingerprint density at radius 1 is 1.14 bits per heavy atom. The van der Waals surface area contributed by atoms with Crippen LogP contribution in [0.15, 0.2) is 41.8 Å². The van der Waals surface area contributed by atoms with Crippen LogP contribution in [0.1, 0.15) is 33.9 Å². The van der Waals surface area contributed by atoms with E-state index in [9.17, 15) is 9.59 Å². The van der Waals surface area contributed by atoms with Crippen molar-refractivity contribution in [1.82, 2.24) is 4.90 Å². The first-order chi connectivity index (χ1) is 10.2. The molecule has 1 aromatic heterocycles. The second-order valence-electron chi connectivity index (χ2n) is 4.49. The predicted molar refractivity (Wildman–Crippen MR) is 86.0 cm³/mol. The Morgan fingerprint density at radius 3 is 2.52 bits per heavy atom. The van der Waals surface area contributed by atoms with Gasteiger partial charge in [0.15, 0.2) is 0 Å². The van der Waals surface area contributed by atoms with Crippen molar-refractivity contribution in [1.29, 1.82) is 0 Å². The largest absolute Gasteiger partial charge is 0.339 e. The van der Waals surface area contributed by atoms with Gasteiger partial charge in [-0.2, -0.15) is 0 Å². The van der Waals surface area contributed by atoms with Crippen molar-refractivity contribution in [3.8, 4) is 0 Å². The molecule has 0 fully saturated rings. The molecule has 0 aliphatic heterocycles. The topological polar surface area (TPSA) is 49.4 Å². The third kappa shape index (κ3) is 3.70. The van der Waals surface area contributed by atoms with Crippen LogP contribution in [0.3, 0.4) is 0 Å². The summed E-state index contributed by atoms with van der Waals surface area (Å²) in [6.45, 7) is 5.23. The summed E-state index contributed by atoms with van der Waals surface area (Å²) in [5, 5.41) is 4.67. The van der Waals surface area contributed by atoms with Gasteiger partial charge in [-0.25, -0.2) is 0 Å². The number of hydrogen-bond donors (Lipinski definition) is 1. The molecule has 0 unspecified atom stereocenters. The minimum absolute atomic E-state index is 0.0211. The number of nitrogens with one attached hydrogen (secondary N) is 1. The van der Waals surface area contributed by atoms with Gasteiger partial charge in [0.1, 0.15) is 0 Å². The molecule has 0 radical (unpaired) electrons. The van der Waals surface area contributed by atoms with E-state index in [4.69, 9.17) is 0 Å². The van der Waals surface area contributed by atoms with Gasteiger partial charge in [-0.1, -0.05) is 12.1 Å². The van der Waals surface area contributed by atoms with Gasteiger partial charge >= 0.3 is 0 Å². The molecule has 0 aliphatic carbocycles. The summed E-state index contributed by atoms with van der Waals surface area (Å²) in [6, 6.07) is 10.6. The molecule has 2 amide bonds. The molecule has 0 atom stereocenters. The molecular weight excluding hydrogens is 284 g/mol. The molecule has 0 saturated carbocycles. The zero-order valence-corrected chi connectivity index (χ0v) is 12.9. The van der Waals surface area contributed by atoms with Crippen LogP contribution in [-0.4, -0.2) is 29.8 Å². The summed E-state index contributed by atoms with van der Waals surface area (Å²) < 4.78 is 0. The highest BCUT2D eigenvalue weighted by atomic mass is 32.1. The van der Waals surface area contributed by atoms with E-state index in [2.05, 4.69) is 5.32 Å². The molecule has 1 N–H and O–H groups in total. The molecule has 4 nitrogen and oxygen atoms in total. The highest BCUT2D eigenvalue weighted by Crippen LogP contribution is 2.16. The molecule has 21 heavy (non-hydrogen) atoms. The van der Waals surface area contributed by atoms with E-state index in [1.54, 1.807) is 35.2 Å². The summed E-state index contributed by atoms with van der Waals surface area (Å²) >= 11 is 1.39. The highest BCUT2D eigenvalue weighted by molar-refractivity contribution is 7.12. The van der Waals surface area contributed by atoms with Gasteiger partial charge in [0.2, 0.25) is 0 Å². The Kier molecular flexibility index (Phi) is 5.11. The first-order valence-electron chi connectivity index (χ1n) is 6.90. The van der Waals surface area contributed by atoms with Crippen LogP contribution in [0.4, 0.5) is 5.69 Å². The van der Waals surface area contributed by atoms with E-state index >= 15 is 0 Å². The lowest BCUT2D eigenvalue weighted by Gasteiger charge is -2.18. The molecular formula is C16H18N2O2S. The number of hydrogen-bond acceptors (Lipinski definition) is 3. The second kappa shape index (κ2) is 7.04. The summed E-state index contributed by atoms with van der Waals surface area (Å²) in [5.74, 6) is -0.176. The molecule has 2 rings (SSSR count). The maximum atomic E-state index is 12.3. The average Bonchev–Trinajstić information content (AvgIpc) is 3.03. The minimum Gasteiger partial charge on any atom is -0.339 e. The number of nitrogens with zero attached hydrogens (tertiary/aromatic N) is 1. The minimum atomic E-state index is -0.155. The Bertz CT molecular complexity index is 619. The summed E-state index contributed by atoms with van der Waals surface area (Å²) in [5.41, 5.74) is 1.22. The number of anilines is 1. The summed E-state index contributed by atoms with van der Waals surface area (Å²) in [6.07, 6.45) is 0. The standard InChI is InChI=1S/C16H18N2O2S/c1-3-18(4-2)16(20)12-7-5-8-13(11-12)17-15(19)14-9-6-10-21-14/h5-11H,3-4H2,1-2H3,(H,17,19). The number of benzene rings is 1. The van der Waals surface area contributed by atoms with E-state index in [1.165, 1.54) is 11.3 Å².